The number of nitrogens with zero attached hydrogens (tertiary/aromatic N) is 2. The van der Waals surface area contributed by atoms with E-state index >= 15 is 0 Å². The number of benzene rings is 1. The summed E-state index contributed by atoms with van der Waals surface area (Å²) < 4.78 is 14.6. The molecule has 138 valence electrons. The molecule has 1 saturated heterocycles. The van der Waals surface area contributed by atoms with Gasteiger partial charge in [-0.25, -0.2) is 4.39 Å². The lowest BCUT2D eigenvalue weighted by Crippen LogP contribution is -2.52. The van der Waals surface area contributed by atoms with E-state index in [2.05, 4.69) is 29.3 Å². The van der Waals surface area contributed by atoms with Crippen LogP contribution in [0.3, 0.4) is 0 Å². The number of fused-ring (bicyclic) bond motifs is 1. The lowest BCUT2D eigenvalue weighted by Gasteiger charge is -2.32. The Balaban J connectivity index is 1.55. The number of carbonyl (C=O) groups is 1. The molecule has 2 heterocycles. The standard InChI is InChI=1S/C21H26FN3O/c1-15-13-24(10-8-23-15)14-21(26)25-9-7-17-11-19(22)18(12-20(17)25)16-5-3-2-4-6-16/h3,5-6,11-12,15,23H,2,4,7-10,13-14H2,1H3/t15-/m1/s1. The van der Waals surface area contributed by atoms with Gasteiger partial charge in [-0.3, -0.25) is 9.69 Å². The van der Waals surface area contributed by atoms with Crippen molar-refractivity contribution in [3.05, 3.63) is 47.3 Å². The van der Waals surface area contributed by atoms with Crippen LogP contribution in [0.25, 0.3) is 5.57 Å². The molecule has 0 saturated carbocycles. The highest BCUT2D eigenvalue weighted by molar-refractivity contribution is 5.97. The maximum absolute atomic E-state index is 14.6. The van der Waals surface area contributed by atoms with Crippen LogP contribution in [-0.2, 0) is 11.2 Å². The first-order valence-electron chi connectivity index (χ1n) is 9.57. The molecule has 0 spiro atoms. The minimum atomic E-state index is -0.188. The van der Waals surface area contributed by atoms with Gasteiger partial charge < -0.3 is 10.2 Å². The fraction of sp³-hybridized carbons (Fsp3) is 0.476. The largest absolute Gasteiger partial charge is 0.312 e. The van der Waals surface area contributed by atoms with Crippen molar-refractivity contribution in [3.8, 4) is 0 Å². The lowest BCUT2D eigenvalue weighted by molar-refractivity contribution is -0.119. The molecule has 1 fully saturated rings. The normalized spacial score (nSPS) is 23.1. The average Bonchev–Trinajstić information content (AvgIpc) is 3.04. The van der Waals surface area contributed by atoms with Crippen molar-refractivity contribution in [2.75, 3.05) is 37.6 Å². The molecule has 2 aliphatic heterocycles. The van der Waals surface area contributed by atoms with Gasteiger partial charge in [-0.05, 0) is 49.5 Å². The molecule has 0 bridgehead atoms. The summed E-state index contributed by atoms with van der Waals surface area (Å²) in [6.45, 7) is 5.92. The van der Waals surface area contributed by atoms with Crippen LogP contribution >= 0.6 is 0 Å². The summed E-state index contributed by atoms with van der Waals surface area (Å²) >= 11 is 0. The van der Waals surface area contributed by atoms with Crippen LogP contribution in [0.2, 0.25) is 0 Å². The van der Waals surface area contributed by atoms with Crippen LogP contribution in [0, 0.1) is 5.82 Å². The number of nitrogens with one attached hydrogen (secondary N) is 1. The van der Waals surface area contributed by atoms with E-state index in [9.17, 15) is 9.18 Å². The predicted octanol–water partition coefficient (Wildman–Crippen LogP) is 2.74. The summed E-state index contributed by atoms with van der Waals surface area (Å²) in [6, 6.07) is 3.90. The third-order valence-electron chi connectivity index (χ3n) is 5.48. The molecule has 1 amide bonds. The molecule has 0 aromatic heterocycles. The van der Waals surface area contributed by atoms with Crippen molar-refractivity contribution in [1.82, 2.24) is 10.2 Å². The van der Waals surface area contributed by atoms with E-state index in [1.54, 1.807) is 6.07 Å². The van der Waals surface area contributed by atoms with E-state index in [0.29, 0.717) is 24.7 Å². The van der Waals surface area contributed by atoms with Crippen LogP contribution in [0.5, 0.6) is 0 Å². The first-order chi connectivity index (χ1) is 12.6. The molecular weight excluding hydrogens is 329 g/mol. The highest BCUT2D eigenvalue weighted by atomic mass is 19.1. The fourth-order valence-corrected chi connectivity index (χ4v) is 4.13. The summed E-state index contributed by atoms with van der Waals surface area (Å²) in [5.41, 5.74) is 3.35. The number of carbonyl (C=O) groups excluding carboxylic acids is 1. The second kappa shape index (κ2) is 7.33. The van der Waals surface area contributed by atoms with Crippen molar-refractivity contribution in [3.63, 3.8) is 0 Å². The van der Waals surface area contributed by atoms with Gasteiger partial charge in [-0.15, -0.1) is 0 Å². The van der Waals surface area contributed by atoms with E-state index in [1.165, 1.54) is 0 Å². The molecule has 0 radical (unpaired) electrons. The van der Waals surface area contributed by atoms with Crippen LogP contribution in [0.15, 0.2) is 30.4 Å². The number of rotatable bonds is 3. The molecule has 0 unspecified atom stereocenters. The second-order valence-corrected chi connectivity index (χ2v) is 7.49. The molecule has 5 heteroatoms. The molecular formula is C21H26FN3O. The summed E-state index contributed by atoms with van der Waals surface area (Å²) in [6.07, 6.45) is 8.81. The number of halogens is 1. The van der Waals surface area contributed by atoms with Gasteiger partial charge in [-0.2, -0.15) is 0 Å². The molecule has 3 aliphatic rings. The van der Waals surface area contributed by atoms with Crippen molar-refractivity contribution in [2.24, 2.45) is 0 Å². The van der Waals surface area contributed by atoms with Gasteiger partial charge in [0.25, 0.3) is 0 Å². The molecule has 4 rings (SSSR count). The number of hydrogen-bond acceptors (Lipinski definition) is 3. The van der Waals surface area contributed by atoms with E-state index in [-0.39, 0.29) is 11.7 Å². The number of amides is 1. The molecule has 4 nitrogen and oxygen atoms in total. The maximum atomic E-state index is 14.6. The minimum Gasteiger partial charge on any atom is -0.312 e. The Bertz CT molecular complexity index is 771. The Morgan fingerprint density at radius 1 is 1.31 bits per heavy atom. The van der Waals surface area contributed by atoms with E-state index in [0.717, 1.165) is 55.7 Å². The van der Waals surface area contributed by atoms with Crippen LogP contribution in [0.4, 0.5) is 10.1 Å². The van der Waals surface area contributed by atoms with Crippen LogP contribution in [-0.4, -0.2) is 49.6 Å². The fourth-order valence-electron chi connectivity index (χ4n) is 4.13. The SMILES string of the molecule is C[C@@H]1CN(CC(=O)N2CCc3cc(F)c(C4=CCCC=C4)cc32)CCN1. The first-order valence-corrected chi connectivity index (χ1v) is 9.57. The third kappa shape index (κ3) is 3.46. The summed E-state index contributed by atoms with van der Waals surface area (Å²) in [4.78, 5) is 16.9. The Hall–Kier alpha value is -1.98. The maximum Gasteiger partial charge on any atom is 0.241 e. The van der Waals surface area contributed by atoms with Gasteiger partial charge in [-0.1, -0.05) is 18.2 Å². The monoisotopic (exact) mass is 355 g/mol. The molecule has 1 aromatic rings. The Labute approximate surface area is 154 Å². The smallest absolute Gasteiger partial charge is 0.241 e. The van der Waals surface area contributed by atoms with Crippen LogP contribution < -0.4 is 10.2 Å². The summed E-state index contributed by atoms with van der Waals surface area (Å²) in [5.74, 6) is -0.0737. The van der Waals surface area contributed by atoms with E-state index in [1.807, 2.05) is 17.0 Å². The van der Waals surface area contributed by atoms with Crippen molar-refractivity contribution in [1.29, 1.82) is 0 Å². The predicted molar refractivity (Wildman–Crippen MR) is 103 cm³/mol. The Kier molecular flexibility index (Phi) is 4.92. The molecule has 1 aromatic carbocycles. The Morgan fingerprint density at radius 2 is 2.19 bits per heavy atom. The average molecular weight is 355 g/mol. The zero-order chi connectivity index (χ0) is 18.1. The lowest BCUT2D eigenvalue weighted by atomic mass is 9.97. The zero-order valence-corrected chi connectivity index (χ0v) is 15.3. The number of piperazine rings is 1. The van der Waals surface area contributed by atoms with Crippen molar-refractivity contribution < 1.29 is 9.18 Å². The van der Waals surface area contributed by atoms with E-state index < -0.39 is 0 Å². The second-order valence-electron chi connectivity index (χ2n) is 7.49. The van der Waals surface area contributed by atoms with Gasteiger partial charge >= 0.3 is 0 Å². The minimum absolute atomic E-state index is 0.114. The molecule has 1 atom stereocenters. The van der Waals surface area contributed by atoms with E-state index in [4.69, 9.17) is 0 Å². The highest BCUT2D eigenvalue weighted by Gasteiger charge is 2.28. The summed E-state index contributed by atoms with van der Waals surface area (Å²) in [7, 11) is 0. The van der Waals surface area contributed by atoms with Crippen molar-refractivity contribution in [2.45, 2.75) is 32.2 Å². The molecule has 1 N–H and O–H groups in total. The third-order valence-corrected chi connectivity index (χ3v) is 5.48. The topological polar surface area (TPSA) is 35.6 Å². The number of allylic oxidation sites excluding steroid dienone is 4. The quantitative estimate of drug-likeness (QED) is 0.906. The molecule has 26 heavy (non-hydrogen) atoms. The first kappa shape index (κ1) is 17.4. The molecule has 1 aliphatic carbocycles. The zero-order valence-electron chi connectivity index (χ0n) is 15.3. The van der Waals surface area contributed by atoms with Gasteiger partial charge in [0, 0.05) is 43.5 Å². The number of anilines is 1. The van der Waals surface area contributed by atoms with Gasteiger partial charge in [0.05, 0.1) is 6.54 Å². The van der Waals surface area contributed by atoms with Gasteiger partial charge in [0.15, 0.2) is 0 Å². The highest BCUT2D eigenvalue weighted by Crippen LogP contribution is 2.34. The van der Waals surface area contributed by atoms with Gasteiger partial charge in [0.2, 0.25) is 5.91 Å². The summed E-state index contributed by atoms with van der Waals surface area (Å²) in [5, 5.41) is 3.40. The van der Waals surface area contributed by atoms with Crippen LogP contribution in [0.1, 0.15) is 30.9 Å². The Morgan fingerprint density at radius 3 is 2.96 bits per heavy atom. The van der Waals surface area contributed by atoms with Gasteiger partial charge in [0.1, 0.15) is 5.82 Å². The van der Waals surface area contributed by atoms with Crippen molar-refractivity contribution >= 4 is 17.2 Å². The number of hydrogen-bond donors (Lipinski definition) is 1.